The third-order valence-electron chi connectivity index (χ3n) is 1.70. The number of rotatable bonds is 2. The Morgan fingerprint density at radius 1 is 1.75 bits per heavy atom. The lowest BCUT2D eigenvalue weighted by molar-refractivity contribution is 0.0347. The van der Waals surface area contributed by atoms with Crippen LogP contribution in [0.15, 0.2) is 0 Å². The second-order valence-corrected chi connectivity index (χ2v) is 2.50. The molecule has 0 radical (unpaired) electrons. The van der Waals surface area contributed by atoms with Gasteiger partial charge in [0.05, 0.1) is 5.60 Å². The van der Waals surface area contributed by atoms with Crippen molar-refractivity contribution in [3.05, 3.63) is 0 Å². The van der Waals surface area contributed by atoms with Gasteiger partial charge in [-0.25, -0.2) is 0 Å². The molecule has 0 spiro atoms. The van der Waals surface area contributed by atoms with E-state index in [-0.39, 0.29) is 6.04 Å². The Balaban J connectivity index is 3.71. The highest BCUT2D eigenvalue weighted by atomic mass is 16.3. The third-order valence-corrected chi connectivity index (χ3v) is 1.70. The number of hydrogen-bond acceptors (Lipinski definition) is 2. The lowest BCUT2D eigenvalue weighted by Gasteiger charge is -2.25. The SMILES string of the molecule is CCC(C)(O)C(C)N. The Hall–Kier alpha value is -0.0800. The molecular weight excluding hydrogens is 102 g/mol. The molecule has 2 heteroatoms. The van der Waals surface area contributed by atoms with Gasteiger partial charge >= 0.3 is 0 Å². The first kappa shape index (κ1) is 7.92. The van der Waals surface area contributed by atoms with Crippen molar-refractivity contribution in [3.8, 4) is 0 Å². The summed E-state index contributed by atoms with van der Waals surface area (Å²) in [5.74, 6) is 0. The molecule has 0 aromatic carbocycles. The van der Waals surface area contributed by atoms with Crippen molar-refractivity contribution < 1.29 is 5.11 Å². The van der Waals surface area contributed by atoms with Crippen LogP contribution in [0, 0.1) is 0 Å². The molecule has 0 saturated heterocycles. The van der Waals surface area contributed by atoms with Crippen LogP contribution in [0.5, 0.6) is 0 Å². The summed E-state index contributed by atoms with van der Waals surface area (Å²) in [6.07, 6.45) is 0.713. The largest absolute Gasteiger partial charge is 0.389 e. The molecule has 2 atom stereocenters. The average Bonchev–Trinajstić information content (AvgIpc) is 1.67. The molecule has 3 N–H and O–H groups in total. The number of hydrogen-bond donors (Lipinski definition) is 2. The van der Waals surface area contributed by atoms with E-state index in [0.717, 1.165) is 0 Å². The molecule has 0 saturated carbocycles. The van der Waals surface area contributed by atoms with Crippen molar-refractivity contribution >= 4 is 0 Å². The maximum atomic E-state index is 9.28. The topological polar surface area (TPSA) is 46.2 Å². The molecule has 2 nitrogen and oxygen atoms in total. The van der Waals surface area contributed by atoms with Gasteiger partial charge in [-0.1, -0.05) is 6.92 Å². The summed E-state index contributed by atoms with van der Waals surface area (Å²) in [7, 11) is 0. The second kappa shape index (κ2) is 2.46. The maximum absolute atomic E-state index is 9.28. The Morgan fingerprint density at radius 2 is 2.12 bits per heavy atom. The van der Waals surface area contributed by atoms with Crippen LogP contribution in [0.25, 0.3) is 0 Å². The lowest BCUT2D eigenvalue weighted by atomic mass is 9.96. The summed E-state index contributed by atoms with van der Waals surface area (Å²) < 4.78 is 0. The van der Waals surface area contributed by atoms with Gasteiger partial charge in [0.1, 0.15) is 0 Å². The number of aliphatic hydroxyl groups is 1. The minimum Gasteiger partial charge on any atom is -0.389 e. The van der Waals surface area contributed by atoms with E-state index in [4.69, 9.17) is 5.73 Å². The van der Waals surface area contributed by atoms with Crippen LogP contribution < -0.4 is 5.73 Å². The van der Waals surface area contributed by atoms with Crippen LogP contribution >= 0.6 is 0 Å². The number of nitrogens with two attached hydrogens (primary N) is 1. The molecule has 0 fully saturated rings. The van der Waals surface area contributed by atoms with E-state index in [1.807, 2.05) is 13.8 Å². The predicted molar refractivity (Wildman–Crippen MR) is 34.6 cm³/mol. The van der Waals surface area contributed by atoms with Crippen molar-refractivity contribution in [2.45, 2.75) is 38.8 Å². The summed E-state index contributed by atoms with van der Waals surface area (Å²) in [5, 5.41) is 9.28. The molecule has 0 aromatic heterocycles. The molecule has 0 aliphatic heterocycles. The van der Waals surface area contributed by atoms with Crippen LogP contribution in [0.3, 0.4) is 0 Å². The molecule has 0 rings (SSSR count). The van der Waals surface area contributed by atoms with Crippen molar-refractivity contribution in [2.75, 3.05) is 0 Å². The van der Waals surface area contributed by atoms with Crippen molar-refractivity contribution in [1.82, 2.24) is 0 Å². The van der Waals surface area contributed by atoms with Crippen molar-refractivity contribution in [3.63, 3.8) is 0 Å². The summed E-state index contributed by atoms with van der Waals surface area (Å²) in [6, 6.07) is -0.132. The quantitative estimate of drug-likeness (QED) is 0.553. The van der Waals surface area contributed by atoms with Crippen LogP contribution in [0.2, 0.25) is 0 Å². The fraction of sp³-hybridized carbons (Fsp3) is 1.00. The van der Waals surface area contributed by atoms with Gasteiger partial charge in [0.15, 0.2) is 0 Å². The predicted octanol–water partition coefficient (Wildman–Crippen LogP) is 0.495. The van der Waals surface area contributed by atoms with Gasteiger partial charge in [-0.2, -0.15) is 0 Å². The Bertz CT molecular complexity index is 68.9. The van der Waals surface area contributed by atoms with E-state index in [1.165, 1.54) is 0 Å². The summed E-state index contributed by atoms with van der Waals surface area (Å²) in [4.78, 5) is 0. The third kappa shape index (κ3) is 1.80. The van der Waals surface area contributed by atoms with Gasteiger partial charge < -0.3 is 10.8 Å². The Morgan fingerprint density at radius 3 is 2.12 bits per heavy atom. The molecule has 0 amide bonds. The van der Waals surface area contributed by atoms with Crippen LogP contribution in [0.1, 0.15) is 27.2 Å². The highest BCUT2D eigenvalue weighted by Crippen LogP contribution is 2.10. The van der Waals surface area contributed by atoms with Crippen LogP contribution in [-0.4, -0.2) is 16.7 Å². The van der Waals surface area contributed by atoms with Gasteiger partial charge in [0.25, 0.3) is 0 Å². The molecule has 0 aliphatic carbocycles. The van der Waals surface area contributed by atoms with Gasteiger partial charge in [-0.05, 0) is 20.3 Å². The molecule has 0 aromatic rings. The van der Waals surface area contributed by atoms with E-state index < -0.39 is 5.60 Å². The smallest absolute Gasteiger partial charge is 0.0764 e. The standard InChI is InChI=1S/C6H15NO/c1-4-6(3,8)5(2)7/h5,8H,4,7H2,1-3H3. The summed E-state index contributed by atoms with van der Waals surface area (Å²) >= 11 is 0. The van der Waals surface area contributed by atoms with E-state index >= 15 is 0 Å². The lowest BCUT2D eigenvalue weighted by Crippen LogP contribution is -2.42. The Labute approximate surface area is 50.7 Å². The van der Waals surface area contributed by atoms with E-state index in [2.05, 4.69) is 0 Å². The fourth-order valence-electron chi connectivity index (χ4n) is 0.322. The Kier molecular flexibility index (Phi) is 2.44. The molecule has 8 heavy (non-hydrogen) atoms. The maximum Gasteiger partial charge on any atom is 0.0764 e. The molecule has 2 unspecified atom stereocenters. The first-order chi connectivity index (χ1) is 3.50. The zero-order valence-electron chi connectivity index (χ0n) is 5.81. The van der Waals surface area contributed by atoms with Gasteiger partial charge in [0.2, 0.25) is 0 Å². The van der Waals surface area contributed by atoms with Gasteiger partial charge in [-0.15, -0.1) is 0 Å². The van der Waals surface area contributed by atoms with Crippen LogP contribution in [-0.2, 0) is 0 Å². The molecular formula is C6H15NO. The zero-order chi connectivity index (χ0) is 6.78. The van der Waals surface area contributed by atoms with Gasteiger partial charge in [0, 0.05) is 6.04 Å². The monoisotopic (exact) mass is 117 g/mol. The van der Waals surface area contributed by atoms with E-state index in [0.29, 0.717) is 6.42 Å². The highest BCUT2D eigenvalue weighted by Gasteiger charge is 2.21. The minimum atomic E-state index is -0.681. The zero-order valence-corrected chi connectivity index (χ0v) is 5.81. The highest BCUT2D eigenvalue weighted by molar-refractivity contribution is 4.79. The fourth-order valence-corrected chi connectivity index (χ4v) is 0.322. The summed E-state index contributed by atoms with van der Waals surface area (Å²) in [5.41, 5.74) is 4.75. The van der Waals surface area contributed by atoms with Crippen molar-refractivity contribution in [2.24, 2.45) is 5.73 Å². The molecule has 0 bridgehead atoms. The minimum absolute atomic E-state index is 0.132. The van der Waals surface area contributed by atoms with Gasteiger partial charge in [-0.3, -0.25) is 0 Å². The average molecular weight is 117 g/mol. The normalized spacial score (nSPS) is 22.1. The summed E-state index contributed by atoms with van der Waals surface area (Å²) in [6.45, 7) is 5.48. The molecule has 0 heterocycles. The van der Waals surface area contributed by atoms with E-state index in [1.54, 1.807) is 6.92 Å². The first-order valence-corrected chi connectivity index (χ1v) is 2.98. The molecule has 50 valence electrons. The molecule has 0 aliphatic rings. The van der Waals surface area contributed by atoms with E-state index in [9.17, 15) is 5.11 Å². The van der Waals surface area contributed by atoms with Crippen molar-refractivity contribution in [1.29, 1.82) is 0 Å². The van der Waals surface area contributed by atoms with Crippen LogP contribution in [0.4, 0.5) is 0 Å². The second-order valence-electron chi connectivity index (χ2n) is 2.50. The first-order valence-electron chi connectivity index (χ1n) is 2.98.